The second-order valence-electron chi connectivity index (χ2n) is 3.71. The predicted molar refractivity (Wildman–Crippen MR) is 56.8 cm³/mol. The fraction of sp³-hybridized carbons (Fsp3) is 0.800. The molecule has 1 saturated heterocycles. The van der Waals surface area contributed by atoms with Gasteiger partial charge in [0.2, 0.25) is 5.91 Å². The van der Waals surface area contributed by atoms with E-state index in [0.29, 0.717) is 25.9 Å². The zero-order chi connectivity index (χ0) is 12.0. The summed E-state index contributed by atoms with van der Waals surface area (Å²) in [7, 11) is 1.62. The van der Waals surface area contributed by atoms with E-state index >= 15 is 0 Å². The van der Waals surface area contributed by atoms with Gasteiger partial charge in [-0.15, -0.1) is 0 Å². The van der Waals surface area contributed by atoms with E-state index in [4.69, 9.17) is 9.84 Å². The monoisotopic (exact) mass is 230 g/mol. The number of rotatable bonds is 3. The highest BCUT2D eigenvalue weighted by Gasteiger charge is 2.27. The molecular formula is C10H18N2O4. The second kappa shape index (κ2) is 6.32. The molecule has 1 heterocycles. The van der Waals surface area contributed by atoms with Crippen LogP contribution in [0.4, 0.5) is 4.79 Å². The van der Waals surface area contributed by atoms with Crippen LogP contribution in [0.5, 0.6) is 0 Å². The Morgan fingerprint density at radius 2 is 2.06 bits per heavy atom. The molecule has 0 atom stereocenters. The number of aliphatic hydroxyl groups excluding tert-OH is 1. The molecule has 0 aromatic carbocycles. The minimum Gasteiger partial charge on any atom is -0.447 e. The van der Waals surface area contributed by atoms with Gasteiger partial charge in [-0.25, -0.2) is 4.79 Å². The van der Waals surface area contributed by atoms with Gasteiger partial charge in [0.15, 0.2) is 0 Å². The van der Waals surface area contributed by atoms with Crippen molar-refractivity contribution < 1.29 is 19.4 Å². The number of hydrogen-bond acceptors (Lipinski definition) is 4. The van der Waals surface area contributed by atoms with E-state index in [1.807, 2.05) is 0 Å². The number of amides is 2. The third-order valence-corrected chi connectivity index (χ3v) is 2.69. The lowest BCUT2D eigenvalue weighted by Gasteiger charge is -2.30. The van der Waals surface area contributed by atoms with Gasteiger partial charge in [-0.1, -0.05) is 0 Å². The Morgan fingerprint density at radius 3 is 2.56 bits per heavy atom. The lowest BCUT2D eigenvalue weighted by molar-refractivity contribution is -0.125. The molecule has 0 aliphatic carbocycles. The minimum atomic E-state index is -0.413. The van der Waals surface area contributed by atoms with Crippen molar-refractivity contribution >= 4 is 12.0 Å². The van der Waals surface area contributed by atoms with Crippen molar-refractivity contribution in [2.24, 2.45) is 5.92 Å². The third kappa shape index (κ3) is 3.37. The van der Waals surface area contributed by atoms with E-state index < -0.39 is 6.09 Å². The van der Waals surface area contributed by atoms with Gasteiger partial charge >= 0.3 is 6.09 Å². The van der Waals surface area contributed by atoms with Crippen LogP contribution in [0.15, 0.2) is 0 Å². The first-order valence-electron chi connectivity index (χ1n) is 5.43. The van der Waals surface area contributed by atoms with Gasteiger partial charge in [-0.2, -0.15) is 0 Å². The number of nitrogens with one attached hydrogen (secondary N) is 1. The summed E-state index contributed by atoms with van der Waals surface area (Å²) in [5.41, 5.74) is 0. The molecule has 92 valence electrons. The van der Waals surface area contributed by atoms with E-state index in [0.717, 1.165) is 0 Å². The number of piperidine rings is 1. The van der Waals surface area contributed by atoms with Crippen molar-refractivity contribution in [3.05, 3.63) is 0 Å². The van der Waals surface area contributed by atoms with Crippen molar-refractivity contribution in [3.63, 3.8) is 0 Å². The molecule has 1 aliphatic rings. The maximum absolute atomic E-state index is 11.4. The maximum atomic E-state index is 11.4. The lowest BCUT2D eigenvalue weighted by Crippen LogP contribution is -2.42. The molecule has 6 nitrogen and oxygen atoms in total. The standard InChI is InChI=1S/C10H18N2O4/c1-11-9(14)8-2-4-12(5-3-8)10(15)16-7-6-13/h8,13H,2-7H2,1H3,(H,11,14). The number of hydrogen-bond donors (Lipinski definition) is 2. The summed E-state index contributed by atoms with van der Waals surface area (Å²) in [4.78, 5) is 24.3. The first kappa shape index (κ1) is 12.8. The molecule has 1 rings (SSSR count). The molecule has 1 fully saturated rings. The van der Waals surface area contributed by atoms with Gasteiger partial charge in [0.25, 0.3) is 0 Å². The Kier molecular flexibility index (Phi) is 5.04. The van der Waals surface area contributed by atoms with Crippen LogP contribution in [0.1, 0.15) is 12.8 Å². The normalized spacial score (nSPS) is 17.0. The topological polar surface area (TPSA) is 78.9 Å². The van der Waals surface area contributed by atoms with Crippen LogP contribution in [-0.4, -0.2) is 55.4 Å². The summed E-state index contributed by atoms with van der Waals surface area (Å²) >= 11 is 0. The second-order valence-corrected chi connectivity index (χ2v) is 3.71. The number of nitrogens with zero attached hydrogens (tertiary/aromatic N) is 1. The van der Waals surface area contributed by atoms with E-state index in [9.17, 15) is 9.59 Å². The van der Waals surface area contributed by atoms with E-state index in [1.54, 1.807) is 11.9 Å². The van der Waals surface area contributed by atoms with Crippen molar-refractivity contribution in [2.75, 3.05) is 33.4 Å². The van der Waals surface area contributed by atoms with Crippen molar-refractivity contribution in [2.45, 2.75) is 12.8 Å². The van der Waals surface area contributed by atoms with Crippen LogP contribution >= 0.6 is 0 Å². The van der Waals surface area contributed by atoms with Crippen LogP contribution in [0, 0.1) is 5.92 Å². The quantitative estimate of drug-likeness (QED) is 0.689. The van der Waals surface area contributed by atoms with E-state index in [2.05, 4.69) is 5.32 Å². The zero-order valence-electron chi connectivity index (χ0n) is 9.44. The maximum Gasteiger partial charge on any atom is 0.409 e. The molecule has 0 aromatic heterocycles. The minimum absolute atomic E-state index is 0.00751. The molecule has 16 heavy (non-hydrogen) atoms. The molecule has 0 unspecified atom stereocenters. The van der Waals surface area contributed by atoms with Crippen LogP contribution in [0.25, 0.3) is 0 Å². The SMILES string of the molecule is CNC(=O)C1CCN(C(=O)OCCO)CC1. The molecule has 0 radical (unpaired) electrons. The summed E-state index contributed by atoms with van der Waals surface area (Å²) in [5, 5.41) is 11.1. The average Bonchev–Trinajstić information content (AvgIpc) is 2.35. The Labute approximate surface area is 94.6 Å². The van der Waals surface area contributed by atoms with Crippen LogP contribution < -0.4 is 5.32 Å². The van der Waals surface area contributed by atoms with Crippen molar-refractivity contribution in [3.8, 4) is 0 Å². The average molecular weight is 230 g/mol. The number of ether oxygens (including phenoxy) is 1. The Bertz CT molecular complexity index is 249. The van der Waals surface area contributed by atoms with E-state index in [-0.39, 0.29) is 25.0 Å². The molecular weight excluding hydrogens is 212 g/mol. The molecule has 0 aromatic rings. The van der Waals surface area contributed by atoms with Gasteiger partial charge in [0.1, 0.15) is 6.61 Å². The molecule has 0 saturated carbocycles. The van der Waals surface area contributed by atoms with Gasteiger partial charge in [-0.05, 0) is 12.8 Å². The fourth-order valence-corrected chi connectivity index (χ4v) is 1.75. The number of carbonyl (C=O) groups is 2. The molecule has 0 bridgehead atoms. The van der Waals surface area contributed by atoms with Gasteiger partial charge < -0.3 is 20.1 Å². The van der Waals surface area contributed by atoms with Gasteiger partial charge in [0.05, 0.1) is 6.61 Å². The number of likely N-dealkylation sites (tertiary alicyclic amines) is 1. The first-order valence-corrected chi connectivity index (χ1v) is 5.43. The summed E-state index contributed by atoms with van der Waals surface area (Å²) in [6.45, 7) is 0.916. The Hall–Kier alpha value is -1.30. The smallest absolute Gasteiger partial charge is 0.409 e. The molecule has 1 aliphatic heterocycles. The number of carbonyl (C=O) groups excluding carboxylic acids is 2. The lowest BCUT2D eigenvalue weighted by atomic mass is 9.96. The molecule has 2 amide bonds. The summed E-state index contributed by atoms with van der Waals surface area (Å²) < 4.78 is 4.79. The van der Waals surface area contributed by atoms with Crippen molar-refractivity contribution in [1.82, 2.24) is 10.2 Å². The first-order chi connectivity index (χ1) is 7.69. The van der Waals surface area contributed by atoms with Crippen LogP contribution in [-0.2, 0) is 9.53 Å². The van der Waals surface area contributed by atoms with Gasteiger partial charge in [-0.3, -0.25) is 4.79 Å². The highest BCUT2D eigenvalue weighted by molar-refractivity contribution is 5.78. The molecule has 6 heteroatoms. The Morgan fingerprint density at radius 1 is 1.44 bits per heavy atom. The summed E-state index contributed by atoms with van der Waals surface area (Å²) in [5.74, 6) is 0.0234. The number of aliphatic hydroxyl groups is 1. The highest BCUT2D eigenvalue weighted by Crippen LogP contribution is 2.17. The van der Waals surface area contributed by atoms with Crippen LogP contribution in [0.2, 0.25) is 0 Å². The predicted octanol–water partition coefficient (Wildman–Crippen LogP) is -0.427. The third-order valence-electron chi connectivity index (χ3n) is 2.69. The zero-order valence-corrected chi connectivity index (χ0v) is 9.44. The highest BCUT2D eigenvalue weighted by atomic mass is 16.6. The molecule has 2 N–H and O–H groups in total. The Balaban J connectivity index is 2.31. The van der Waals surface area contributed by atoms with Crippen LogP contribution in [0.3, 0.4) is 0 Å². The van der Waals surface area contributed by atoms with Crippen molar-refractivity contribution in [1.29, 1.82) is 0 Å². The van der Waals surface area contributed by atoms with E-state index in [1.165, 1.54) is 0 Å². The van der Waals surface area contributed by atoms with Gasteiger partial charge in [0, 0.05) is 26.1 Å². The largest absolute Gasteiger partial charge is 0.447 e. The fourth-order valence-electron chi connectivity index (χ4n) is 1.75. The summed E-state index contributed by atoms with van der Waals surface area (Å²) in [6, 6.07) is 0. The molecule has 0 spiro atoms. The summed E-state index contributed by atoms with van der Waals surface area (Å²) in [6.07, 6.45) is 0.909.